The molecular formula is C34H42ClN3O5. The monoisotopic (exact) mass is 607 g/mol. The fourth-order valence-electron chi connectivity index (χ4n) is 6.45. The molecule has 1 saturated heterocycles. The zero-order valence-corrected chi connectivity index (χ0v) is 26.6. The number of amides is 1. The second kappa shape index (κ2) is 13.4. The maximum atomic E-state index is 14.7. The Bertz CT molecular complexity index is 1430. The molecule has 9 heteroatoms. The van der Waals surface area contributed by atoms with E-state index in [1.54, 1.807) is 18.1 Å². The molecule has 1 fully saturated rings. The number of ether oxygens (including phenoxy) is 2. The van der Waals surface area contributed by atoms with Gasteiger partial charge in [-0.1, -0.05) is 80.9 Å². The molecule has 3 aromatic rings. The molecule has 8 nitrogen and oxygen atoms in total. The standard InChI is InChI=1S/C34H42ClN3O5/c1-34(2,3)27-28(36-20-22-19-23(35)17-18-26(22)42-6)29(24-15-11-12-16-25(24)37(4)5)38(30(27)33(40)41)32(39)31(43-7)21-13-9-8-10-14-21/h8-19,27-31,36H,20H2,1-7H3,(H,40,41)/t27-,28-,29-,30-,31-/m1/s1. The van der Waals surface area contributed by atoms with Crippen molar-refractivity contribution >= 4 is 29.2 Å². The lowest BCUT2D eigenvalue weighted by Crippen LogP contribution is -2.49. The second-order valence-electron chi connectivity index (χ2n) is 12.2. The molecule has 0 saturated carbocycles. The Labute approximate surface area is 259 Å². The summed E-state index contributed by atoms with van der Waals surface area (Å²) >= 11 is 6.36. The van der Waals surface area contributed by atoms with Gasteiger partial charge in [0.25, 0.3) is 5.91 Å². The minimum atomic E-state index is -1.13. The molecule has 230 valence electrons. The number of methoxy groups -OCH3 is 2. The van der Waals surface area contributed by atoms with Crippen LogP contribution in [0.15, 0.2) is 72.8 Å². The van der Waals surface area contributed by atoms with E-state index in [0.717, 1.165) is 16.8 Å². The van der Waals surface area contributed by atoms with Crippen molar-refractivity contribution in [2.24, 2.45) is 11.3 Å². The van der Waals surface area contributed by atoms with Crippen LogP contribution in [0, 0.1) is 11.3 Å². The molecule has 1 aliphatic heterocycles. The van der Waals surface area contributed by atoms with Gasteiger partial charge in [-0.2, -0.15) is 0 Å². The summed E-state index contributed by atoms with van der Waals surface area (Å²) in [6, 6.07) is 20.2. The van der Waals surface area contributed by atoms with Crippen LogP contribution in [0.2, 0.25) is 5.02 Å². The summed E-state index contributed by atoms with van der Waals surface area (Å²) in [5.74, 6) is -1.28. The summed E-state index contributed by atoms with van der Waals surface area (Å²) in [6.45, 7) is 6.42. The third-order valence-electron chi connectivity index (χ3n) is 8.24. The normalized spacial score (nSPS) is 21.0. The van der Waals surface area contributed by atoms with E-state index in [1.165, 1.54) is 7.11 Å². The first-order valence-corrected chi connectivity index (χ1v) is 14.7. The van der Waals surface area contributed by atoms with E-state index in [-0.39, 0.29) is 0 Å². The molecule has 0 aromatic heterocycles. The van der Waals surface area contributed by atoms with Crippen molar-refractivity contribution in [3.05, 3.63) is 94.5 Å². The highest BCUT2D eigenvalue weighted by molar-refractivity contribution is 6.30. The zero-order chi connectivity index (χ0) is 31.5. The maximum Gasteiger partial charge on any atom is 0.326 e. The van der Waals surface area contributed by atoms with Crippen LogP contribution in [0.5, 0.6) is 5.75 Å². The summed E-state index contributed by atoms with van der Waals surface area (Å²) in [5, 5.41) is 15.1. The number of nitrogens with one attached hydrogen (secondary N) is 1. The molecule has 1 amide bonds. The molecule has 0 spiro atoms. The first kappa shape index (κ1) is 32.3. The van der Waals surface area contributed by atoms with Crippen molar-refractivity contribution in [3.63, 3.8) is 0 Å². The van der Waals surface area contributed by atoms with Gasteiger partial charge in [-0.25, -0.2) is 4.79 Å². The zero-order valence-electron chi connectivity index (χ0n) is 25.9. The number of carboxylic acid groups (broad SMARTS) is 1. The van der Waals surface area contributed by atoms with Gasteiger partial charge >= 0.3 is 5.97 Å². The number of benzene rings is 3. The first-order valence-electron chi connectivity index (χ1n) is 14.4. The van der Waals surface area contributed by atoms with Crippen LogP contribution in [0.25, 0.3) is 0 Å². The largest absolute Gasteiger partial charge is 0.496 e. The fourth-order valence-corrected chi connectivity index (χ4v) is 6.65. The van der Waals surface area contributed by atoms with Crippen molar-refractivity contribution in [2.75, 3.05) is 33.2 Å². The van der Waals surface area contributed by atoms with Crippen LogP contribution in [0.4, 0.5) is 5.69 Å². The summed E-state index contributed by atoms with van der Waals surface area (Å²) in [6.07, 6.45) is -0.982. The number of likely N-dealkylation sites (tertiary alicyclic amines) is 1. The quantitative estimate of drug-likeness (QED) is 0.294. The van der Waals surface area contributed by atoms with Gasteiger partial charge in [-0.05, 0) is 40.8 Å². The van der Waals surface area contributed by atoms with E-state index >= 15 is 0 Å². The van der Waals surface area contributed by atoms with E-state index < -0.39 is 47.4 Å². The van der Waals surface area contributed by atoms with Gasteiger partial charge in [-0.15, -0.1) is 0 Å². The van der Waals surface area contributed by atoms with Crippen molar-refractivity contribution in [3.8, 4) is 5.75 Å². The molecule has 1 aliphatic rings. The van der Waals surface area contributed by atoms with Crippen molar-refractivity contribution in [2.45, 2.75) is 51.5 Å². The molecule has 43 heavy (non-hydrogen) atoms. The number of aliphatic carboxylic acids is 1. The number of carbonyl (C=O) groups excluding carboxylic acids is 1. The van der Waals surface area contributed by atoms with E-state index in [4.69, 9.17) is 21.1 Å². The van der Waals surface area contributed by atoms with E-state index in [1.807, 2.05) is 106 Å². The molecule has 1 heterocycles. The van der Waals surface area contributed by atoms with Crippen LogP contribution in [0.1, 0.15) is 49.6 Å². The molecule has 3 aromatic carbocycles. The van der Waals surface area contributed by atoms with Crippen LogP contribution < -0.4 is 15.0 Å². The molecule has 0 radical (unpaired) electrons. The van der Waals surface area contributed by atoms with Crippen LogP contribution in [-0.2, 0) is 20.9 Å². The lowest BCUT2D eigenvalue weighted by Gasteiger charge is -2.36. The number of halogens is 1. The van der Waals surface area contributed by atoms with Gasteiger partial charge in [0.05, 0.1) is 13.2 Å². The van der Waals surface area contributed by atoms with Gasteiger partial charge in [0.15, 0.2) is 6.10 Å². The highest BCUT2D eigenvalue weighted by atomic mass is 35.5. The van der Waals surface area contributed by atoms with E-state index in [0.29, 0.717) is 22.9 Å². The Hall–Kier alpha value is -3.59. The van der Waals surface area contributed by atoms with Gasteiger partial charge in [0.2, 0.25) is 0 Å². The smallest absolute Gasteiger partial charge is 0.326 e. The average Bonchev–Trinajstić information content (AvgIpc) is 3.33. The topological polar surface area (TPSA) is 91.3 Å². The van der Waals surface area contributed by atoms with Gasteiger partial charge in [-0.3, -0.25) is 4.79 Å². The number of hydrogen-bond acceptors (Lipinski definition) is 6. The molecule has 0 aliphatic carbocycles. The summed E-state index contributed by atoms with van der Waals surface area (Å²) < 4.78 is 11.4. The highest BCUT2D eigenvalue weighted by Crippen LogP contribution is 2.50. The van der Waals surface area contributed by atoms with E-state index in [2.05, 4.69) is 5.32 Å². The average molecular weight is 608 g/mol. The number of hydrogen-bond donors (Lipinski definition) is 2. The van der Waals surface area contributed by atoms with Gasteiger partial charge < -0.3 is 29.7 Å². The number of rotatable bonds is 10. The van der Waals surface area contributed by atoms with Crippen molar-refractivity contribution in [1.29, 1.82) is 0 Å². The number of para-hydroxylation sites is 1. The highest BCUT2D eigenvalue weighted by Gasteiger charge is 2.59. The first-order chi connectivity index (χ1) is 20.4. The molecule has 0 unspecified atom stereocenters. The van der Waals surface area contributed by atoms with Gasteiger partial charge in [0.1, 0.15) is 11.8 Å². The summed E-state index contributed by atoms with van der Waals surface area (Å²) in [7, 11) is 6.96. The van der Waals surface area contributed by atoms with Crippen molar-refractivity contribution < 1.29 is 24.2 Å². The Morgan fingerprint density at radius 3 is 2.26 bits per heavy atom. The number of carbonyl (C=O) groups is 2. The maximum absolute atomic E-state index is 14.7. The van der Waals surface area contributed by atoms with Gasteiger partial charge in [0, 0.05) is 56.0 Å². The van der Waals surface area contributed by atoms with Crippen LogP contribution >= 0.6 is 11.6 Å². The SMILES string of the molecule is COc1ccc(Cl)cc1CN[C@@H]1[C@@H](C(C)(C)C)[C@H](C(=O)O)N(C(=O)[C@H](OC)c2ccccc2)[C@@H]1c1ccccc1N(C)C. The third kappa shape index (κ3) is 6.66. The lowest BCUT2D eigenvalue weighted by molar-refractivity contribution is -0.157. The van der Waals surface area contributed by atoms with Crippen LogP contribution in [-0.4, -0.2) is 62.3 Å². The lowest BCUT2D eigenvalue weighted by atomic mass is 9.72. The second-order valence-corrected chi connectivity index (χ2v) is 12.6. The van der Waals surface area contributed by atoms with Crippen molar-refractivity contribution in [1.82, 2.24) is 10.2 Å². The minimum Gasteiger partial charge on any atom is -0.496 e. The number of carboxylic acids is 1. The molecule has 2 N–H and O–H groups in total. The Morgan fingerprint density at radius 2 is 1.67 bits per heavy atom. The minimum absolute atomic E-state index is 0.350. The Kier molecular flexibility index (Phi) is 10.1. The molecule has 0 bridgehead atoms. The Morgan fingerprint density at radius 1 is 1.02 bits per heavy atom. The molecular weight excluding hydrogens is 566 g/mol. The number of nitrogens with zero attached hydrogens (tertiary/aromatic N) is 2. The predicted octanol–water partition coefficient (Wildman–Crippen LogP) is 5.96. The summed E-state index contributed by atoms with van der Waals surface area (Å²) in [4.78, 5) is 31.5. The Balaban J connectivity index is 1.94. The fraction of sp³-hybridized carbons (Fsp3) is 0.412. The number of anilines is 1. The summed E-state index contributed by atoms with van der Waals surface area (Å²) in [5.41, 5.74) is 2.72. The molecule has 4 rings (SSSR count). The molecule has 5 atom stereocenters. The van der Waals surface area contributed by atoms with E-state index in [9.17, 15) is 14.7 Å². The predicted molar refractivity (Wildman–Crippen MR) is 170 cm³/mol. The van der Waals surface area contributed by atoms with Crippen LogP contribution in [0.3, 0.4) is 0 Å². The third-order valence-corrected chi connectivity index (χ3v) is 8.48.